The summed E-state index contributed by atoms with van der Waals surface area (Å²) in [6.07, 6.45) is 0. The van der Waals surface area contributed by atoms with Crippen molar-refractivity contribution in [1.29, 1.82) is 0 Å². The van der Waals surface area contributed by atoms with E-state index in [2.05, 4.69) is 4.98 Å². The molecular weight excluding hydrogens is 238 g/mol. The highest BCUT2D eigenvalue weighted by atomic mass is 32.1. The molecule has 0 aromatic carbocycles. The minimum atomic E-state index is -0.758. The number of aromatic nitrogens is 1. The van der Waals surface area contributed by atoms with E-state index in [1.807, 2.05) is 25.7 Å². The molecule has 1 aliphatic rings. The minimum absolute atomic E-state index is 0.203. The third kappa shape index (κ3) is 2.02. The SMILES string of the molecule is CC1(C)CN(c2nc(C(N)=O)cs2)C[C@]1(C)O. The molecule has 0 bridgehead atoms. The fraction of sp³-hybridized carbons (Fsp3) is 0.636. The Morgan fingerprint density at radius 1 is 1.53 bits per heavy atom. The number of nitrogens with zero attached hydrogens (tertiary/aromatic N) is 2. The van der Waals surface area contributed by atoms with Crippen LogP contribution in [0.3, 0.4) is 0 Å². The molecule has 6 heteroatoms. The number of amides is 1. The van der Waals surface area contributed by atoms with Gasteiger partial charge >= 0.3 is 0 Å². The van der Waals surface area contributed by atoms with Gasteiger partial charge in [-0.2, -0.15) is 0 Å². The summed E-state index contributed by atoms with van der Waals surface area (Å²) in [5.74, 6) is -0.516. The van der Waals surface area contributed by atoms with Crippen LogP contribution in [0.4, 0.5) is 5.13 Å². The second-order valence-electron chi connectivity index (χ2n) is 5.39. The summed E-state index contributed by atoms with van der Waals surface area (Å²) < 4.78 is 0. The van der Waals surface area contributed by atoms with Gasteiger partial charge < -0.3 is 15.7 Å². The van der Waals surface area contributed by atoms with Gasteiger partial charge in [-0.15, -0.1) is 11.3 Å². The Bertz CT molecular complexity index is 437. The summed E-state index contributed by atoms with van der Waals surface area (Å²) in [4.78, 5) is 17.2. The number of hydrogen-bond acceptors (Lipinski definition) is 5. The van der Waals surface area contributed by atoms with Gasteiger partial charge in [0, 0.05) is 23.9 Å². The molecule has 94 valence electrons. The molecule has 1 amide bonds. The van der Waals surface area contributed by atoms with Crippen LogP contribution in [-0.4, -0.2) is 34.7 Å². The van der Waals surface area contributed by atoms with Crippen LogP contribution in [0.1, 0.15) is 31.3 Å². The summed E-state index contributed by atoms with van der Waals surface area (Å²) in [7, 11) is 0. The maximum Gasteiger partial charge on any atom is 0.268 e. The summed E-state index contributed by atoms with van der Waals surface area (Å²) in [6, 6.07) is 0. The van der Waals surface area contributed by atoms with Crippen molar-refractivity contribution in [2.45, 2.75) is 26.4 Å². The number of rotatable bonds is 2. The first-order valence-electron chi connectivity index (χ1n) is 5.46. The van der Waals surface area contributed by atoms with Crippen molar-refractivity contribution in [3.63, 3.8) is 0 Å². The normalized spacial score (nSPS) is 27.4. The van der Waals surface area contributed by atoms with Crippen molar-refractivity contribution in [2.24, 2.45) is 11.1 Å². The number of anilines is 1. The first-order chi connectivity index (χ1) is 7.73. The standard InChI is InChI=1S/C11H17N3O2S/c1-10(2)5-14(6-11(10,3)16)9-13-7(4-17-9)8(12)15/h4,16H,5-6H2,1-3H3,(H2,12,15)/t11-/m0/s1. The van der Waals surface area contributed by atoms with E-state index < -0.39 is 11.5 Å². The monoisotopic (exact) mass is 255 g/mol. The maximum atomic E-state index is 11.0. The lowest BCUT2D eigenvalue weighted by Gasteiger charge is -2.30. The van der Waals surface area contributed by atoms with Gasteiger partial charge in [0.05, 0.1) is 5.60 Å². The van der Waals surface area contributed by atoms with E-state index in [4.69, 9.17) is 5.73 Å². The van der Waals surface area contributed by atoms with Crippen molar-refractivity contribution in [3.05, 3.63) is 11.1 Å². The van der Waals surface area contributed by atoms with Crippen molar-refractivity contribution in [2.75, 3.05) is 18.0 Å². The third-order valence-corrected chi connectivity index (χ3v) is 4.46. The molecule has 0 unspecified atom stereocenters. The zero-order valence-corrected chi connectivity index (χ0v) is 11.0. The Morgan fingerprint density at radius 2 is 2.18 bits per heavy atom. The highest BCUT2D eigenvalue weighted by molar-refractivity contribution is 7.13. The number of carbonyl (C=O) groups excluding carboxylic acids is 1. The molecule has 1 aromatic heterocycles. The van der Waals surface area contributed by atoms with Crippen molar-refractivity contribution in [1.82, 2.24) is 4.98 Å². The molecule has 0 aliphatic carbocycles. The molecule has 3 N–H and O–H groups in total. The number of carbonyl (C=O) groups is 1. The predicted octanol–water partition coefficient (Wildman–Crippen LogP) is 0.839. The summed E-state index contributed by atoms with van der Waals surface area (Å²) in [6.45, 7) is 7.11. The van der Waals surface area contributed by atoms with Gasteiger partial charge in [-0.05, 0) is 6.92 Å². The molecule has 2 heterocycles. The Balaban J connectivity index is 2.23. The number of β-amino-alcohol motifs (C(OH)–C–C–N with tert-alkyl or cyclic N) is 1. The number of primary amides is 1. The average molecular weight is 255 g/mol. The van der Waals surface area contributed by atoms with E-state index in [1.165, 1.54) is 11.3 Å². The Labute approximate surface area is 104 Å². The van der Waals surface area contributed by atoms with Crippen molar-refractivity contribution < 1.29 is 9.90 Å². The van der Waals surface area contributed by atoms with Crippen LogP contribution in [0, 0.1) is 5.41 Å². The lowest BCUT2D eigenvalue weighted by Crippen LogP contribution is -2.40. The molecule has 0 radical (unpaired) electrons. The van der Waals surface area contributed by atoms with Gasteiger partial charge in [0.1, 0.15) is 5.69 Å². The Morgan fingerprint density at radius 3 is 2.59 bits per heavy atom. The number of nitrogens with two attached hydrogens (primary N) is 1. The van der Waals surface area contributed by atoms with Crippen LogP contribution < -0.4 is 10.6 Å². The van der Waals surface area contributed by atoms with Crippen LogP contribution in [-0.2, 0) is 0 Å². The van der Waals surface area contributed by atoms with E-state index in [0.29, 0.717) is 13.1 Å². The zero-order valence-electron chi connectivity index (χ0n) is 10.2. The fourth-order valence-electron chi connectivity index (χ4n) is 1.95. The van der Waals surface area contributed by atoms with E-state index in [1.54, 1.807) is 5.38 Å². The van der Waals surface area contributed by atoms with Gasteiger partial charge in [0.25, 0.3) is 5.91 Å². The number of aliphatic hydroxyl groups is 1. The molecule has 1 atom stereocenters. The molecule has 5 nitrogen and oxygen atoms in total. The zero-order chi connectivity index (χ0) is 12.8. The van der Waals surface area contributed by atoms with Crippen LogP contribution in [0.2, 0.25) is 0 Å². The molecule has 1 fully saturated rings. The second-order valence-corrected chi connectivity index (χ2v) is 6.23. The molecule has 1 saturated heterocycles. The largest absolute Gasteiger partial charge is 0.388 e. The van der Waals surface area contributed by atoms with Crippen LogP contribution in [0.5, 0.6) is 0 Å². The van der Waals surface area contributed by atoms with E-state index in [9.17, 15) is 9.90 Å². The number of thiazole rings is 1. The van der Waals surface area contributed by atoms with Crippen molar-refractivity contribution in [3.8, 4) is 0 Å². The van der Waals surface area contributed by atoms with Gasteiger partial charge in [-0.25, -0.2) is 4.98 Å². The van der Waals surface area contributed by atoms with Crippen LogP contribution in [0.15, 0.2) is 5.38 Å². The summed E-state index contributed by atoms with van der Waals surface area (Å²) in [5, 5.41) is 12.7. The molecule has 0 spiro atoms. The second kappa shape index (κ2) is 3.68. The summed E-state index contributed by atoms with van der Waals surface area (Å²) in [5.41, 5.74) is 4.49. The molecular formula is C11H17N3O2S. The highest BCUT2D eigenvalue weighted by Crippen LogP contribution is 2.41. The van der Waals surface area contributed by atoms with Crippen LogP contribution in [0.25, 0.3) is 0 Å². The maximum absolute atomic E-state index is 11.0. The average Bonchev–Trinajstić information content (AvgIpc) is 2.70. The van der Waals surface area contributed by atoms with Crippen LogP contribution >= 0.6 is 11.3 Å². The van der Waals surface area contributed by atoms with E-state index in [-0.39, 0.29) is 11.1 Å². The lowest BCUT2D eigenvalue weighted by molar-refractivity contribution is -0.00890. The minimum Gasteiger partial charge on any atom is -0.388 e. The molecule has 2 rings (SSSR count). The van der Waals surface area contributed by atoms with Gasteiger partial charge in [0.2, 0.25) is 0 Å². The first kappa shape index (κ1) is 12.3. The predicted molar refractivity (Wildman–Crippen MR) is 67.2 cm³/mol. The van der Waals surface area contributed by atoms with Crippen molar-refractivity contribution >= 4 is 22.4 Å². The molecule has 1 aliphatic heterocycles. The third-order valence-electron chi connectivity index (χ3n) is 3.56. The van der Waals surface area contributed by atoms with Gasteiger partial charge in [-0.1, -0.05) is 13.8 Å². The summed E-state index contributed by atoms with van der Waals surface area (Å²) >= 11 is 1.38. The van der Waals surface area contributed by atoms with E-state index >= 15 is 0 Å². The highest BCUT2D eigenvalue weighted by Gasteiger charge is 2.48. The fourth-order valence-corrected chi connectivity index (χ4v) is 2.76. The molecule has 17 heavy (non-hydrogen) atoms. The van der Waals surface area contributed by atoms with Gasteiger partial charge in [0.15, 0.2) is 5.13 Å². The smallest absolute Gasteiger partial charge is 0.268 e. The number of hydrogen-bond donors (Lipinski definition) is 2. The van der Waals surface area contributed by atoms with Gasteiger partial charge in [-0.3, -0.25) is 4.79 Å². The molecule has 1 aromatic rings. The quantitative estimate of drug-likeness (QED) is 0.820. The van der Waals surface area contributed by atoms with E-state index in [0.717, 1.165) is 5.13 Å². The topological polar surface area (TPSA) is 79.5 Å². The first-order valence-corrected chi connectivity index (χ1v) is 6.33. The molecule has 0 saturated carbocycles. The lowest BCUT2D eigenvalue weighted by atomic mass is 9.79. The Kier molecular flexibility index (Phi) is 2.67. The Hall–Kier alpha value is -1.14.